The lowest BCUT2D eigenvalue weighted by Gasteiger charge is -2.34. The highest BCUT2D eigenvalue weighted by Crippen LogP contribution is 2.23. The third kappa shape index (κ3) is 4.56. The smallest absolute Gasteiger partial charge is 0.223 e. The Morgan fingerprint density at radius 2 is 2.00 bits per heavy atom. The number of hydrogen-bond donors (Lipinski definition) is 0. The standard InChI is InChI=1S/C18H30N4O2/c1-14-19-17(20-24-14)13-15-8-11-22(12-9-15)18(23)7-6-16-5-3-4-10-21(16)2/h15-16H,3-13H2,1-2H3. The van der Waals surface area contributed by atoms with Crippen LogP contribution >= 0.6 is 0 Å². The Kier molecular flexibility index (Phi) is 5.87. The quantitative estimate of drug-likeness (QED) is 0.827. The normalized spacial score (nSPS) is 23.6. The second kappa shape index (κ2) is 8.10. The maximum atomic E-state index is 12.5. The molecular formula is C18H30N4O2. The highest BCUT2D eigenvalue weighted by molar-refractivity contribution is 5.76. The van der Waals surface area contributed by atoms with Crippen LogP contribution in [0, 0.1) is 12.8 Å². The van der Waals surface area contributed by atoms with Crippen LogP contribution in [0.15, 0.2) is 4.52 Å². The van der Waals surface area contributed by atoms with Crippen molar-refractivity contribution in [3.8, 4) is 0 Å². The van der Waals surface area contributed by atoms with Gasteiger partial charge in [0.1, 0.15) is 0 Å². The number of rotatable bonds is 5. The average Bonchev–Trinajstić information content (AvgIpc) is 2.99. The van der Waals surface area contributed by atoms with Crippen LogP contribution in [0.4, 0.5) is 0 Å². The molecule has 0 aliphatic carbocycles. The van der Waals surface area contributed by atoms with Crippen LogP contribution in [0.2, 0.25) is 0 Å². The lowest BCUT2D eigenvalue weighted by molar-refractivity contribution is -0.133. The van der Waals surface area contributed by atoms with E-state index in [0.717, 1.165) is 44.6 Å². The van der Waals surface area contributed by atoms with Gasteiger partial charge in [-0.1, -0.05) is 11.6 Å². The summed E-state index contributed by atoms with van der Waals surface area (Å²) in [6.07, 6.45) is 8.52. The minimum Gasteiger partial charge on any atom is -0.343 e. The maximum Gasteiger partial charge on any atom is 0.223 e. The predicted molar refractivity (Wildman–Crippen MR) is 91.5 cm³/mol. The fourth-order valence-corrected chi connectivity index (χ4v) is 4.03. The molecule has 1 amide bonds. The molecule has 0 bridgehead atoms. The number of likely N-dealkylation sites (tertiary alicyclic amines) is 2. The van der Waals surface area contributed by atoms with E-state index in [1.54, 1.807) is 0 Å². The van der Waals surface area contributed by atoms with Gasteiger partial charge in [-0.3, -0.25) is 4.79 Å². The second-order valence-corrected chi connectivity index (χ2v) is 7.43. The molecule has 1 atom stereocenters. The zero-order valence-electron chi connectivity index (χ0n) is 15.0. The number of nitrogens with zero attached hydrogens (tertiary/aromatic N) is 4. The highest BCUT2D eigenvalue weighted by atomic mass is 16.5. The van der Waals surface area contributed by atoms with E-state index >= 15 is 0 Å². The number of carbonyl (C=O) groups excluding carboxylic acids is 1. The van der Waals surface area contributed by atoms with Gasteiger partial charge in [0.25, 0.3) is 0 Å². The van der Waals surface area contributed by atoms with Crippen LogP contribution in [-0.2, 0) is 11.2 Å². The van der Waals surface area contributed by atoms with Crippen LogP contribution in [0.5, 0.6) is 0 Å². The Morgan fingerprint density at radius 3 is 2.67 bits per heavy atom. The summed E-state index contributed by atoms with van der Waals surface area (Å²) in [7, 11) is 2.19. The van der Waals surface area contributed by atoms with Crippen LogP contribution < -0.4 is 0 Å². The predicted octanol–water partition coefficient (Wildman–Crippen LogP) is 2.42. The fourth-order valence-electron chi connectivity index (χ4n) is 4.03. The number of aryl methyl sites for hydroxylation is 1. The summed E-state index contributed by atoms with van der Waals surface area (Å²) >= 11 is 0. The van der Waals surface area contributed by atoms with Crippen molar-refractivity contribution in [1.82, 2.24) is 19.9 Å². The van der Waals surface area contributed by atoms with E-state index in [0.29, 0.717) is 30.2 Å². The molecule has 0 aromatic carbocycles. The summed E-state index contributed by atoms with van der Waals surface area (Å²) in [5.74, 6) is 2.33. The Hall–Kier alpha value is -1.43. The first kappa shape index (κ1) is 17.4. The molecule has 6 heteroatoms. The summed E-state index contributed by atoms with van der Waals surface area (Å²) in [6, 6.07) is 0.599. The van der Waals surface area contributed by atoms with Crippen molar-refractivity contribution >= 4 is 5.91 Å². The first-order valence-electron chi connectivity index (χ1n) is 9.39. The molecule has 3 heterocycles. The van der Waals surface area contributed by atoms with E-state index in [1.165, 1.54) is 25.8 Å². The van der Waals surface area contributed by atoms with E-state index in [2.05, 4.69) is 27.0 Å². The summed E-state index contributed by atoms with van der Waals surface area (Å²) in [5, 5.41) is 3.98. The largest absolute Gasteiger partial charge is 0.343 e. The van der Waals surface area contributed by atoms with Gasteiger partial charge in [-0.2, -0.15) is 4.98 Å². The third-order valence-corrected chi connectivity index (χ3v) is 5.62. The minimum atomic E-state index is 0.336. The summed E-state index contributed by atoms with van der Waals surface area (Å²) in [4.78, 5) is 21.3. The molecule has 0 saturated carbocycles. The molecule has 24 heavy (non-hydrogen) atoms. The van der Waals surface area contributed by atoms with Crippen molar-refractivity contribution < 1.29 is 9.32 Å². The third-order valence-electron chi connectivity index (χ3n) is 5.62. The van der Waals surface area contributed by atoms with Gasteiger partial charge < -0.3 is 14.3 Å². The van der Waals surface area contributed by atoms with Gasteiger partial charge in [-0.05, 0) is 51.6 Å². The van der Waals surface area contributed by atoms with Crippen molar-refractivity contribution in [2.24, 2.45) is 5.92 Å². The second-order valence-electron chi connectivity index (χ2n) is 7.43. The van der Waals surface area contributed by atoms with Gasteiger partial charge >= 0.3 is 0 Å². The lowest BCUT2D eigenvalue weighted by Crippen LogP contribution is -2.41. The number of hydrogen-bond acceptors (Lipinski definition) is 5. The molecule has 6 nitrogen and oxygen atoms in total. The molecule has 2 aliphatic heterocycles. The Bertz CT molecular complexity index is 537. The number of piperidine rings is 2. The molecule has 0 N–H and O–H groups in total. The van der Waals surface area contributed by atoms with Gasteiger partial charge in [-0.25, -0.2) is 0 Å². The van der Waals surface area contributed by atoms with Gasteiger partial charge in [-0.15, -0.1) is 0 Å². The van der Waals surface area contributed by atoms with Crippen LogP contribution in [0.3, 0.4) is 0 Å². The Labute approximate surface area is 144 Å². The van der Waals surface area contributed by atoms with E-state index < -0.39 is 0 Å². The maximum absolute atomic E-state index is 12.5. The summed E-state index contributed by atoms with van der Waals surface area (Å²) in [5.41, 5.74) is 0. The molecule has 2 aliphatic rings. The van der Waals surface area contributed by atoms with E-state index in [1.807, 2.05) is 6.92 Å². The fraction of sp³-hybridized carbons (Fsp3) is 0.833. The topological polar surface area (TPSA) is 62.5 Å². The first-order chi connectivity index (χ1) is 11.6. The molecule has 1 unspecified atom stereocenters. The first-order valence-corrected chi connectivity index (χ1v) is 9.39. The molecule has 0 spiro atoms. The van der Waals surface area contributed by atoms with E-state index in [9.17, 15) is 4.79 Å². The number of aromatic nitrogens is 2. The van der Waals surface area contributed by atoms with Crippen molar-refractivity contribution in [2.45, 2.75) is 64.3 Å². The van der Waals surface area contributed by atoms with Crippen LogP contribution in [0.25, 0.3) is 0 Å². The molecular weight excluding hydrogens is 304 g/mol. The summed E-state index contributed by atoms with van der Waals surface area (Å²) < 4.78 is 5.03. The van der Waals surface area contributed by atoms with Gasteiger partial charge in [0, 0.05) is 38.9 Å². The molecule has 0 radical (unpaired) electrons. The lowest BCUT2D eigenvalue weighted by atomic mass is 9.92. The van der Waals surface area contributed by atoms with Crippen molar-refractivity contribution in [3.63, 3.8) is 0 Å². The monoisotopic (exact) mass is 334 g/mol. The van der Waals surface area contributed by atoms with Gasteiger partial charge in [0.15, 0.2) is 5.82 Å². The molecule has 1 aromatic heterocycles. The van der Waals surface area contributed by atoms with Crippen LogP contribution in [0.1, 0.15) is 56.7 Å². The minimum absolute atomic E-state index is 0.336. The zero-order valence-corrected chi connectivity index (χ0v) is 15.0. The average molecular weight is 334 g/mol. The van der Waals surface area contributed by atoms with Crippen LogP contribution in [-0.4, -0.2) is 58.6 Å². The van der Waals surface area contributed by atoms with E-state index in [-0.39, 0.29) is 0 Å². The Morgan fingerprint density at radius 1 is 1.21 bits per heavy atom. The SMILES string of the molecule is Cc1nc(CC2CCN(C(=O)CCC3CCCCN3C)CC2)no1. The zero-order chi connectivity index (χ0) is 16.9. The van der Waals surface area contributed by atoms with E-state index in [4.69, 9.17) is 4.52 Å². The van der Waals surface area contributed by atoms with Crippen molar-refractivity contribution in [2.75, 3.05) is 26.7 Å². The van der Waals surface area contributed by atoms with Crippen molar-refractivity contribution in [1.29, 1.82) is 0 Å². The number of amides is 1. The summed E-state index contributed by atoms with van der Waals surface area (Å²) in [6.45, 7) is 4.75. The number of carbonyl (C=O) groups is 1. The molecule has 1 aromatic rings. The molecule has 134 valence electrons. The molecule has 3 rings (SSSR count). The van der Waals surface area contributed by atoms with Gasteiger partial charge in [0.2, 0.25) is 11.8 Å². The molecule has 2 fully saturated rings. The van der Waals surface area contributed by atoms with Crippen molar-refractivity contribution in [3.05, 3.63) is 11.7 Å². The molecule has 2 saturated heterocycles. The Balaban J connectivity index is 1.38. The van der Waals surface area contributed by atoms with Gasteiger partial charge in [0.05, 0.1) is 0 Å². The highest BCUT2D eigenvalue weighted by Gasteiger charge is 2.25.